The van der Waals surface area contributed by atoms with Crippen molar-refractivity contribution in [2.45, 2.75) is 74.5 Å². The fraction of sp³-hybridized carbons (Fsp3) is 0.429. The molecule has 0 radical (unpaired) electrons. The van der Waals surface area contributed by atoms with Gasteiger partial charge in [0, 0.05) is 16.5 Å². The Labute approximate surface area is 275 Å². The van der Waals surface area contributed by atoms with Crippen molar-refractivity contribution in [1.29, 1.82) is 0 Å². The smallest absolute Gasteiger partial charge is 0.507 e. The summed E-state index contributed by atoms with van der Waals surface area (Å²) in [6, 6.07) is 5.74. The minimum atomic E-state index is -1.24. The second-order valence-electron chi connectivity index (χ2n) is 12.1. The van der Waals surface area contributed by atoms with Crippen molar-refractivity contribution in [3.8, 4) is 35.2 Å². The number of hydrogen-bond donors (Lipinski definition) is 4. The molecule has 0 aromatic heterocycles. The Balaban J connectivity index is 1.27. The summed E-state index contributed by atoms with van der Waals surface area (Å²) in [6.45, 7) is 3.42. The number of benzene rings is 2. The van der Waals surface area contributed by atoms with E-state index in [4.69, 9.17) is 33.2 Å². The average Bonchev–Trinajstić information content (AvgIpc) is 3.39. The summed E-state index contributed by atoms with van der Waals surface area (Å²) in [7, 11) is 3.10. The minimum Gasteiger partial charge on any atom is -0.507 e. The summed E-state index contributed by atoms with van der Waals surface area (Å²) in [5, 5.41) is 36.3. The molecule has 10 atom stereocenters. The maximum absolute atomic E-state index is 14.0. The highest BCUT2D eigenvalue weighted by Crippen LogP contribution is 2.44. The summed E-state index contributed by atoms with van der Waals surface area (Å²) in [5.74, 6) is 11.4. The monoisotopic (exact) mass is 659 g/mol. The van der Waals surface area contributed by atoms with Crippen LogP contribution in [0.1, 0.15) is 22.8 Å². The molecule has 3 saturated heterocycles. The maximum Gasteiger partial charge on any atom is 0.508 e. The Morgan fingerprint density at radius 2 is 1.98 bits per heavy atom. The third kappa shape index (κ3) is 5.35. The number of aliphatic hydroxyl groups excluding tert-OH is 2. The van der Waals surface area contributed by atoms with E-state index in [1.165, 1.54) is 13.2 Å². The van der Waals surface area contributed by atoms with E-state index in [2.05, 4.69) is 29.0 Å². The fourth-order valence-electron chi connectivity index (χ4n) is 6.50. The van der Waals surface area contributed by atoms with Gasteiger partial charge in [0.15, 0.2) is 24.6 Å². The SMILES string of the molecule is CNC1C(O[C@@H]2/C3=C/C#C[C@H]4O[C@@]4([C@H]4COC(=O)O4)C#CC3=C[C@H]2OC(=O)c2c(O)ccc3c(C)cc(OC)cc23)OC(C)C(O)C1O. The lowest BCUT2D eigenvalue weighted by atomic mass is 9.97. The van der Waals surface area contributed by atoms with Gasteiger partial charge < -0.3 is 53.8 Å². The van der Waals surface area contributed by atoms with E-state index in [1.807, 2.05) is 13.0 Å². The van der Waals surface area contributed by atoms with E-state index < -0.39 is 72.8 Å². The number of methoxy groups -OCH3 is 1. The number of aromatic hydroxyl groups is 1. The van der Waals surface area contributed by atoms with Crippen LogP contribution in [0, 0.1) is 30.6 Å². The number of rotatable bonds is 7. The number of cyclic esters (lactones) is 2. The van der Waals surface area contributed by atoms with Crippen molar-refractivity contribution in [2.24, 2.45) is 0 Å². The van der Waals surface area contributed by atoms with Gasteiger partial charge in [-0.15, -0.1) is 0 Å². The molecule has 3 aliphatic heterocycles. The van der Waals surface area contributed by atoms with Crippen LogP contribution in [0.25, 0.3) is 10.8 Å². The van der Waals surface area contributed by atoms with Gasteiger partial charge in [-0.05, 0) is 62.2 Å². The largest absolute Gasteiger partial charge is 0.508 e. The lowest BCUT2D eigenvalue weighted by Gasteiger charge is -2.42. The van der Waals surface area contributed by atoms with Crippen molar-refractivity contribution in [3.05, 3.63) is 58.7 Å². The van der Waals surface area contributed by atoms with Crippen LogP contribution < -0.4 is 10.1 Å². The molecule has 0 bridgehead atoms. The Bertz CT molecular complexity index is 1880. The van der Waals surface area contributed by atoms with Crippen LogP contribution in [0.5, 0.6) is 11.5 Å². The van der Waals surface area contributed by atoms with Gasteiger partial charge in [-0.25, -0.2) is 9.59 Å². The second-order valence-corrected chi connectivity index (χ2v) is 12.1. The van der Waals surface area contributed by atoms with Gasteiger partial charge in [-0.2, -0.15) is 0 Å². The van der Waals surface area contributed by atoms with Gasteiger partial charge >= 0.3 is 12.1 Å². The molecule has 0 amide bonds. The molecule has 48 heavy (non-hydrogen) atoms. The molecule has 13 heteroatoms. The molecule has 0 spiro atoms. The highest BCUT2D eigenvalue weighted by atomic mass is 16.8. The van der Waals surface area contributed by atoms with E-state index in [9.17, 15) is 24.9 Å². The lowest BCUT2D eigenvalue weighted by molar-refractivity contribution is -0.273. The number of ether oxygens (including phenoxy) is 7. The summed E-state index contributed by atoms with van der Waals surface area (Å²) in [6.07, 6.45) is -5.56. The number of fused-ring (bicyclic) bond motifs is 3. The molecular weight excluding hydrogens is 626 g/mol. The zero-order chi connectivity index (χ0) is 33.9. The molecule has 250 valence electrons. The molecule has 2 aromatic rings. The third-order valence-corrected chi connectivity index (χ3v) is 9.23. The maximum atomic E-state index is 14.0. The van der Waals surface area contributed by atoms with Crippen LogP contribution in [-0.2, 0) is 28.4 Å². The predicted octanol–water partition coefficient (Wildman–Crippen LogP) is 1.39. The number of carbonyl (C=O) groups is 2. The van der Waals surface area contributed by atoms with Gasteiger partial charge in [-0.1, -0.05) is 29.7 Å². The Kier molecular flexibility index (Phi) is 8.08. The number of aliphatic hydroxyl groups is 2. The van der Waals surface area contributed by atoms with Crippen molar-refractivity contribution < 1.29 is 58.1 Å². The number of likely N-dealkylation sites (N-methyl/N-ethyl adjacent to an activating group) is 1. The second kappa shape index (κ2) is 12.1. The first-order valence-corrected chi connectivity index (χ1v) is 15.4. The molecule has 5 aliphatic rings. The predicted molar refractivity (Wildman–Crippen MR) is 166 cm³/mol. The molecule has 3 fully saturated rings. The summed E-state index contributed by atoms with van der Waals surface area (Å²) in [5.41, 5.74) is 0.400. The highest BCUT2D eigenvalue weighted by molar-refractivity contribution is 6.08. The van der Waals surface area contributed by atoms with Crippen molar-refractivity contribution >= 4 is 22.9 Å². The van der Waals surface area contributed by atoms with Gasteiger partial charge in [0.25, 0.3) is 0 Å². The summed E-state index contributed by atoms with van der Waals surface area (Å²) >= 11 is 0. The van der Waals surface area contributed by atoms with Crippen LogP contribution in [0.3, 0.4) is 0 Å². The van der Waals surface area contributed by atoms with Gasteiger partial charge in [0.2, 0.25) is 5.60 Å². The van der Waals surface area contributed by atoms with Crippen LogP contribution in [0.2, 0.25) is 0 Å². The number of epoxide rings is 1. The molecule has 2 aromatic carbocycles. The average molecular weight is 660 g/mol. The van der Waals surface area contributed by atoms with Crippen molar-refractivity contribution in [1.82, 2.24) is 5.32 Å². The number of carbonyl (C=O) groups excluding carboxylic acids is 2. The molecule has 2 aliphatic carbocycles. The zero-order valence-corrected chi connectivity index (χ0v) is 26.4. The number of esters is 1. The molecule has 5 unspecified atom stereocenters. The van der Waals surface area contributed by atoms with Crippen molar-refractivity contribution in [2.75, 3.05) is 20.8 Å². The third-order valence-electron chi connectivity index (χ3n) is 9.23. The van der Waals surface area contributed by atoms with Gasteiger partial charge in [0.1, 0.15) is 42.0 Å². The summed E-state index contributed by atoms with van der Waals surface area (Å²) in [4.78, 5) is 25.7. The van der Waals surface area contributed by atoms with E-state index in [-0.39, 0.29) is 17.9 Å². The van der Waals surface area contributed by atoms with Gasteiger partial charge in [-0.3, -0.25) is 0 Å². The standard InChI is InChI=1S/C35H33NO12/c1-16-12-19(42-4)14-22-20(16)8-9-23(37)27(22)32(40)45-24-13-18-10-11-35(26-15-43-34(41)46-26)25(48-35)7-5-6-21(18)31(24)47-33-28(36-3)30(39)29(38)17(2)44-33/h6,8-9,12-14,17,24-26,28-31,33,36-39H,15H2,1-4H3/b21-6+/t17?,24-,25-,26-,28?,29?,30?,31-,33?,35+/m1/s1. The fourth-order valence-corrected chi connectivity index (χ4v) is 6.50. The quantitative estimate of drug-likeness (QED) is 0.191. The zero-order valence-electron chi connectivity index (χ0n) is 26.4. The topological polar surface area (TPSA) is 175 Å². The lowest BCUT2D eigenvalue weighted by Crippen LogP contribution is -2.62. The molecule has 4 N–H and O–H groups in total. The van der Waals surface area contributed by atoms with Crippen LogP contribution in [0.15, 0.2) is 47.6 Å². The molecule has 3 heterocycles. The van der Waals surface area contributed by atoms with E-state index in [0.717, 1.165) is 10.9 Å². The first kappa shape index (κ1) is 32.0. The number of aryl methyl sites for hydroxylation is 1. The van der Waals surface area contributed by atoms with Crippen LogP contribution in [0.4, 0.5) is 4.79 Å². The van der Waals surface area contributed by atoms with E-state index >= 15 is 0 Å². The molecule has 13 nitrogen and oxygen atoms in total. The number of nitrogens with one attached hydrogen (secondary N) is 1. The first-order valence-electron chi connectivity index (χ1n) is 15.4. The Hall–Kier alpha value is -4.60. The Morgan fingerprint density at radius 1 is 1.17 bits per heavy atom. The number of phenols is 1. The molecule has 0 saturated carbocycles. The van der Waals surface area contributed by atoms with E-state index in [0.29, 0.717) is 22.3 Å². The van der Waals surface area contributed by atoms with Crippen LogP contribution in [-0.4, -0.2) is 109 Å². The highest BCUT2D eigenvalue weighted by Gasteiger charge is 2.65. The normalized spacial score (nSPS) is 35.7. The number of allylic oxidation sites excluding steroid dienone is 1. The minimum absolute atomic E-state index is 0.0490. The van der Waals surface area contributed by atoms with Crippen LogP contribution >= 0.6 is 0 Å². The van der Waals surface area contributed by atoms with E-state index in [1.54, 1.807) is 38.3 Å². The number of hydrogen-bond acceptors (Lipinski definition) is 13. The van der Waals surface area contributed by atoms with Gasteiger partial charge in [0.05, 0.1) is 19.3 Å². The van der Waals surface area contributed by atoms with Crippen molar-refractivity contribution in [3.63, 3.8) is 0 Å². The Morgan fingerprint density at radius 3 is 2.71 bits per heavy atom. The summed E-state index contributed by atoms with van der Waals surface area (Å²) < 4.78 is 40.0. The molecule has 7 rings (SSSR count). The number of phenolic OH excluding ortho intramolecular Hbond substituents is 1. The first-order chi connectivity index (χ1) is 23.0. The molecular formula is C35H33NO12.